The molecule has 2 aliphatic carbocycles. The molecule has 2 bridgehead atoms. The van der Waals surface area contributed by atoms with Crippen LogP contribution >= 0.6 is 11.8 Å². The summed E-state index contributed by atoms with van der Waals surface area (Å²) >= 11 is 1.04. The van der Waals surface area contributed by atoms with Crippen molar-refractivity contribution in [1.82, 2.24) is 0 Å². The molecule has 2 saturated carbocycles. The van der Waals surface area contributed by atoms with E-state index in [9.17, 15) is 18.0 Å². The van der Waals surface area contributed by atoms with Crippen molar-refractivity contribution in [2.45, 2.75) is 58.2 Å². The molecule has 0 radical (unpaired) electrons. The molecule has 0 aliphatic heterocycles. The molecule has 3 atom stereocenters. The van der Waals surface area contributed by atoms with Gasteiger partial charge in [-0.3, -0.25) is 4.79 Å². The first kappa shape index (κ1) is 18.0. The van der Waals surface area contributed by atoms with Gasteiger partial charge in [0.2, 0.25) is 6.10 Å². The first-order chi connectivity index (χ1) is 10.1. The SMILES string of the molecule is CSCC(OC(=O)C1(C)CC2CC(C)CC(C2)C1)C(F)(F)F. The predicted octanol–water partition coefficient (Wildman–Crippen LogP) is 4.68. The maximum absolute atomic E-state index is 13.0. The maximum Gasteiger partial charge on any atom is 0.426 e. The molecule has 0 spiro atoms. The van der Waals surface area contributed by atoms with Crippen LogP contribution in [0, 0.1) is 23.2 Å². The summed E-state index contributed by atoms with van der Waals surface area (Å²) in [5.41, 5.74) is -0.754. The zero-order valence-corrected chi connectivity index (χ0v) is 14.2. The smallest absolute Gasteiger partial charge is 0.426 e. The molecule has 0 amide bonds. The minimum absolute atomic E-state index is 0.241. The summed E-state index contributed by atoms with van der Waals surface area (Å²) in [7, 11) is 0. The number of rotatable bonds is 4. The average Bonchev–Trinajstić information content (AvgIpc) is 2.35. The van der Waals surface area contributed by atoms with Crippen LogP contribution in [0.15, 0.2) is 0 Å². The summed E-state index contributed by atoms with van der Waals surface area (Å²) in [6, 6.07) is 0. The van der Waals surface area contributed by atoms with Crippen LogP contribution in [-0.4, -0.2) is 30.3 Å². The van der Waals surface area contributed by atoms with Gasteiger partial charge >= 0.3 is 12.1 Å². The number of ether oxygens (including phenoxy) is 1. The van der Waals surface area contributed by atoms with Gasteiger partial charge in [0, 0.05) is 5.75 Å². The third-order valence-corrected chi connectivity index (χ3v) is 5.68. The van der Waals surface area contributed by atoms with Crippen LogP contribution in [0.4, 0.5) is 13.2 Å². The van der Waals surface area contributed by atoms with Crippen LogP contribution in [-0.2, 0) is 9.53 Å². The fourth-order valence-corrected chi connectivity index (χ4v) is 4.93. The molecule has 0 N–H and O–H groups in total. The monoisotopic (exact) mass is 338 g/mol. The molecule has 3 unspecified atom stereocenters. The van der Waals surface area contributed by atoms with E-state index in [1.54, 1.807) is 13.2 Å². The molecule has 2 aliphatic rings. The van der Waals surface area contributed by atoms with Crippen LogP contribution in [0.5, 0.6) is 0 Å². The van der Waals surface area contributed by atoms with Crippen LogP contribution < -0.4 is 0 Å². The van der Waals surface area contributed by atoms with Crippen molar-refractivity contribution in [3.63, 3.8) is 0 Å². The second-order valence-electron chi connectivity index (χ2n) is 7.40. The number of alkyl halides is 3. The van der Waals surface area contributed by atoms with Gasteiger partial charge in [-0.2, -0.15) is 24.9 Å². The topological polar surface area (TPSA) is 26.3 Å². The fraction of sp³-hybridized carbons (Fsp3) is 0.938. The number of hydrogen-bond acceptors (Lipinski definition) is 3. The molecule has 0 aromatic rings. The summed E-state index contributed by atoms with van der Waals surface area (Å²) in [6.45, 7) is 4.01. The van der Waals surface area contributed by atoms with E-state index in [1.165, 1.54) is 0 Å². The summed E-state index contributed by atoms with van der Waals surface area (Å²) in [5.74, 6) is 0.654. The lowest BCUT2D eigenvalue weighted by molar-refractivity contribution is -0.222. The minimum atomic E-state index is -4.49. The van der Waals surface area contributed by atoms with Crippen molar-refractivity contribution in [1.29, 1.82) is 0 Å². The van der Waals surface area contributed by atoms with Crippen LogP contribution in [0.2, 0.25) is 0 Å². The highest BCUT2D eigenvalue weighted by Gasteiger charge is 2.49. The summed E-state index contributed by atoms with van der Waals surface area (Å²) in [4.78, 5) is 12.4. The van der Waals surface area contributed by atoms with Gasteiger partial charge in [-0.25, -0.2) is 0 Å². The lowest BCUT2D eigenvalue weighted by Gasteiger charge is -2.46. The molecule has 128 valence electrons. The van der Waals surface area contributed by atoms with Crippen LogP contribution in [0.25, 0.3) is 0 Å². The van der Waals surface area contributed by atoms with Gasteiger partial charge in [0.05, 0.1) is 5.41 Å². The van der Waals surface area contributed by atoms with E-state index < -0.39 is 23.7 Å². The predicted molar refractivity (Wildman–Crippen MR) is 81.7 cm³/mol. The highest BCUT2D eigenvalue weighted by Crippen LogP contribution is 2.51. The van der Waals surface area contributed by atoms with Crippen molar-refractivity contribution in [2.75, 3.05) is 12.0 Å². The van der Waals surface area contributed by atoms with Gasteiger partial charge in [-0.05, 0) is 63.0 Å². The number of esters is 1. The van der Waals surface area contributed by atoms with E-state index in [-0.39, 0.29) is 5.75 Å². The maximum atomic E-state index is 13.0. The Morgan fingerprint density at radius 3 is 2.27 bits per heavy atom. The highest BCUT2D eigenvalue weighted by atomic mass is 32.2. The molecular weight excluding hydrogens is 313 g/mol. The molecule has 0 aromatic heterocycles. The highest BCUT2D eigenvalue weighted by molar-refractivity contribution is 7.98. The summed E-state index contributed by atoms with van der Waals surface area (Å²) < 4.78 is 43.8. The Kier molecular flexibility index (Phi) is 5.40. The number of carbonyl (C=O) groups excluding carboxylic acids is 1. The van der Waals surface area contributed by atoms with Crippen molar-refractivity contribution in [2.24, 2.45) is 23.2 Å². The second kappa shape index (κ2) is 6.62. The minimum Gasteiger partial charge on any atom is -0.451 e. The van der Waals surface area contributed by atoms with Crippen molar-refractivity contribution >= 4 is 17.7 Å². The lowest BCUT2D eigenvalue weighted by Crippen LogP contribution is -2.45. The Morgan fingerprint density at radius 2 is 1.82 bits per heavy atom. The molecule has 0 saturated heterocycles. The standard InChI is InChI=1S/C16H25F3O2S/c1-10-4-11-6-12(5-10)8-15(2,7-11)14(20)21-13(9-22-3)16(17,18)19/h10-13H,4-9H2,1-3H3. The molecule has 0 heterocycles. The average molecular weight is 338 g/mol. The van der Waals surface area contributed by atoms with Crippen molar-refractivity contribution in [3.05, 3.63) is 0 Å². The van der Waals surface area contributed by atoms with E-state index in [4.69, 9.17) is 4.74 Å². The number of carbonyl (C=O) groups is 1. The fourth-order valence-electron chi connectivity index (χ4n) is 4.37. The zero-order chi connectivity index (χ0) is 16.5. The number of hydrogen-bond donors (Lipinski definition) is 0. The first-order valence-corrected chi connectivity index (χ1v) is 9.30. The Morgan fingerprint density at radius 1 is 1.27 bits per heavy atom. The van der Waals surface area contributed by atoms with Gasteiger partial charge in [0.1, 0.15) is 0 Å². The molecular formula is C16H25F3O2S. The van der Waals surface area contributed by atoms with Gasteiger partial charge in [-0.15, -0.1) is 0 Å². The Balaban J connectivity index is 2.05. The van der Waals surface area contributed by atoms with E-state index in [0.717, 1.165) is 31.0 Å². The molecule has 6 heteroatoms. The number of halogens is 3. The number of fused-ring (bicyclic) bond motifs is 2. The van der Waals surface area contributed by atoms with Gasteiger partial charge in [-0.1, -0.05) is 6.92 Å². The summed E-state index contributed by atoms with van der Waals surface area (Å²) in [5, 5.41) is 0. The molecule has 22 heavy (non-hydrogen) atoms. The quantitative estimate of drug-likeness (QED) is 0.697. The van der Waals surface area contributed by atoms with Crippen molar-refractivity contribution < 1.29 is 22.7 Å². The van der Waals surface area contributed by atoms with E-state index >= 15 is 0 Å². The molecule has 2 rings (SSSR count). The molecule has 2 fully saturated rings. The van der Waals surface area contributed by atoms with E-state index in [2.05, 4.69) is 6.92 Å². The molecule has 2 nitrogen and oxygen atoms in total. The third kappa shape index (κ3) is 4.12. The van der Waals surface area contributed by atoms with Gasteiger partial charge in [0.15, 0.2) is 0 Å². The van der Waals surface area contributed by atoms with Gasteiger partial charge in [0.25, 0.3) is 0 Å². The first-order valence-electron chi connectivity index (χ1n) is 7.91. The Bertz CT molecular complexity index is 393. The van der Waals surface area contributed by atoms with E-state index in [0.29, 0.717) is 30.6 Å². The van der Waals surface area contributed by atoms with E-state index in [1.807, 2.05) is 0 Å². The largest absolute Gasteiger partial charge is 0.451 e. The second-order valence-corrected chi connectivity index (χ2v) is 8.31. The number of thioether (sulfide) groups is 1. The lowest BCUT2D eigenvalue weighted by atomic mass is 9.59. The zero-order valence-electron chi connectivity index (χ0n) is 13.4. The Hall–Kier alpha value is -0.390. The molecule has 0 aromatic carbocycles. The van der Waals surface area contributed by atoms with Crippen LogP contribution in [0.3, 0.4) is 0 Å². The van der Waals surface area contributed by atoms with Gasteiger partial charge < -0.3 is 4.74 Å². The summed E-state index contributed by atoms with van der Waals surface area (Å²) in [6.07, 6.45) is -0.310. The third-order valence-electron chi connectivity index (χ3n) is 5.04. The Labute approximate surface area is 134 Å². The van der Waals surface area contributed by atoms with Crippen LogP contribution in [0.1, 0.15) is 46.0 Å². The van der Waals surface area contributed by atoms with Crippen molar-refractivity contribution in [3.8, 4) is 0 Å². The normalized spacial score (nSPS) is 36.7.